The molecule has 2 aliphatic heterocycles. The molecule has 6 rings (SSSR count). The van der Waals surface area contributed by atoms with E-state index in [0.29, 0.717) is 12.8 Å². The summed E-state index contributed by atoms with van der Waals surface area (Å²) in [6, 6.07) is 15.7. The fourth-order valence-electron chi connectivity index (χ4n) is 4.16. The molecule has 2 unspecified atom stereocenters. The second-order valence-corrected chi connectivity index (χ2v) is 12.7. The SMILES string of the molecule is O=C1NC(=O)C(Cc2ccc(-c3csc(-c4nc(-c5cccc(CC6SC(=O)NC6=O)c5)cs4)n3)cc2)S1. The van der Waals surface area contributed by atoms with Crippen molar-refractivity contribution in [2.75, 3.05) is 0 Å². The van der Waals surface area contributed by atoms with Crippen molar-refractivity contribution in [1.82, 2.24) is 20.6 Å². The van der Waals surface area contributed by atoms with Crippen molar-refractivity contribution in [2.45, 2.75) is 23.3 Å². The number of nitrogens with zero attached hydrogens (tertiary/aromatic N) is 2. The van der Waals surface area contributed by atoms with Gasteiger partial charge in [-0.2, -0.15) is 0 Å². The molecular formula is C26H18N4O4S4. The molecule has 0 saturated carbocycles. The highest BCUT2D eigenvalue weighted by Gasteiger charge is 2.32. The third-order valence-electron chi connectivity index (χ3n) is 6.04. The lowest BCUT2D eigenvalue weighted by molar-refractivity contribution is -0.119. The molecule has 190 valence electrons. The minimum atomic E-state index is -0.406. The van der Waals surface area contributed by atoms with Gasteiger partial charge in [0.2, 0.25) is 11.8 Å². The molecule has 38 heavy (non-hydrogen) atoms. The van der Waals surface area contributed by atoms with Crippen LogP contribution in [0.1, 0.15) is 11.1 Å². The highest BCUT2D eigenvalue weighted by atomic mass is 32.2. The van der Waals surface area contributed by atoms with Gasteiger partial charge in [0.1, 0.15) is 0 Å². The van der Waals surface area contributed by atoms with Crippen LogP contribution in [0.4, 0.5) is 9.59 Å². The van der Waals surface area contributed by atoms with Crippen molar-refractivity contribution in [3.63, 3.8) is 0 Å². The quantitative estimate of drug-likeness (QED) is 0.300. The van der Waals surface area contributed by atoms with Crippen LogP contribution in [0.5, 0.6) is 0 Å². The molecule has 4 amide bonds. The smallest absolute Gasteiger partial charge is 0.286 e. The average Bonchev–Trinajstić information content (AvgIpc) is 3.68. The van der Waals surface area contributed by atoms with Crippen LogP contribution in [0.2, 0.25) is 0 Å². The number of amides is 4. The standard InChI is InChI=1S/C26H18N4O4S4/c31-21-19(37-25(33)29-21)9-13-4-6-15(7-5-13)17-11-35-23(27-17)24-28-18(12-36-24)16-3-1-2-14(8-16)10-20-22(32)30-26(34)38-20/h1-8,11-12,19-20H,9-10H2,(H,29,31,33)(H,30,32,34). The largest absolute Gasteiger partial charge is 0.286 e. The highest BCUT2D eigenvalue weighted by molar-refractivity contribution is 8.15. The maximum absolute atomic E-state index is 11.9. The van der Waals surface area contributed by atoms with Crippen molar-refractivity contribution in [3.8, 4) is 32.5 Å². The zero-order valence-corrected chi connectivity index (χ0v) is 22.8. The molecule has 2 aromatic heterocycles. The summed E-state index contributed by atoms with van der Waals surface area (Å²) in [6.07, 6.45) is 0.977. The summed E-state index contributed by atoms with van der Waals surface area (Å²) in [7, 11) is 0. The second-order valence-electron chi connectivity index (χ2n) is 8.65. The molecule has 2 aliphatic rings. The minimum Gasteiger partial charge on any atom is -0.286 e. The molecule has 4 aromatic rings. The van der Waals surface area contributed by atoms with Crippen LogP contribution in [-0.4, -0.2) is 42.8 Å². The van der Waals surface area contributed by atoms with E-state index in [2.05, 4.69) is 10.6 Å². The fourth-order valence-corrected chi connectivity index (χ4v) is 7.59. The first kappa shape index (κ1) is 25.0. The molecule has 0 spiro atoms. The van der Waals surface area contributed by atoms with Gasteiger partial charge in [0.05, 0.1) is 21.9 Å². The maximum atomic E-state index is 11.9. The van der Waals surface area contributed by atoms with Crippen molar-refractivity contribution >= 4 is 68.5 Å². The van der Waals surface area contributed by atoms with E-state index in [-0.39, 0.29) is 27.5 Å². The molecule has 8 nitrogen and oxygen atoms in total. The minimum absolute atomic E-state index is 0.237. The Morgan fingerprint density at radius 2 is 1.21 bits per heavy atom. The number of aromatic nitrogens is 2. The van der Waals surface area contributed by atoms with Gasteiger partial charge in [0, 0.05) is 21.9 Å². The third-order valence-corrected chi connectivity index (χ3v) is 9.83. The van der Waals surface area contributed by atoms with Gasteiger partial charge in [-0.05, 0) is 30.0 Å². The first-order chi connectivity index (χ1) is 18.4. The lowest BCUT2D eigenvalue weighted by Gasteiger charge is -2.06. The molecular weight excluding hydrogens is 561 g/mol. The fraction of sp³-hybridized carbons (Fsp3) is 0.154. The van der Waals surface area contributed by atoms with Crippen LogP contribution in [0.25, 0.3) is 32.5 Å². The van der Waals surface area contributed by atoms with Crippen LogP contribution in [0.15, 0.2) is 59.3 Å². The number of thioether (sulfide) groups is 2. The number of rotatable bonds is 7. The van der Waals surface area contributed by atoms with Gasteiger partial charge in [-0.25, -0.2) is 9.97 Å². The first-order valence-corrected chi connectivity index (χ1v) is 15.1. The van der Waals surface area contributed by atoms with E-state index in [9.17, 15) is 19.2 Å². The summed E-state index contributed by atoms with van der Waals surface area (Å²) in [5, 5.41) is 8.91. The molecule has 2 fully saturated rings. The number of nitrogens with one attached hydrogen (secondary N) is 2. The topological polar surface area (TPSA) is 118 Å². The molecule has 2 saturated heterocycles. The van der Waals surface area contributed by atoms with E-state index in [1.165, 1.54) is 22.7 Å². The van der Waals surface area contributed by atoms with Gasteiger partial charge in [-0.1, -0.05) is 66.0 Å². The van der Waals surface area contributed by atoms with E-state index >= 15 is 0 Å². The van der Waals surface area contributed by atoms with Crippen molar-refractivity contribution in [2.24, 2.45) is 0 Å². The van der Waals surface area contributed by atoms with Gasteiger partial charge in [-0.15, -0.1) is 22.7 Å². The van der Waals surface area contributed by atoms with Crippen molar-refractivity contribution in [3.05, 3.63) is 70.4 Å². The van der Waals surface area contributed by atoms with E-state index in [0.717, 1.165) is 67.2 Å². The normalized spacial score (nSPS) is 19.2. The Balaban J connectivity index is 1.14. The zero-order valence-electron chi connectivity index (χ0n) is 19.5. The molecule has 12 heteroatoms. The summed E-state index contributed by atoms with van der Waals surface area (Å²) in [5.74, 6) is -0.480. The van der Waals surface area contributed by atoms with Gasteiger partial charge < -0.3 is 0 Å². The molecule has 2 aromatic carbocycles. The van der Waals surface area contributed by atoms with E-state index in [1.807, 2.05) is 59.3 Å². The molecule has 4 heterocycles. The molecule has 0 aliphatic carbocycles. The van der Waals surface area contributed by atoms with Gasteiger partial charge >= 0.3 is 0 Å². The van der Waals surface area contributed by atoms with Crippen molar-refractivity contribution in [1.29, 1.82) is 0 Å². The van der Waals surface area contributed by atoms with Crippen LogP contribution in [0.3, 0.4) is 0 Å². The van der Waals surface area contributed by atoms with Crippen molar-refractivity contribution < 1.29 is 19.2 Å². The van der Waals surface area contributed by atoms with Crippen LogP contribution in [-0.2, 0) is 22.4 Å². The molecule has 0 radical (unpaired) electrons. The van der Waals surface area contributed by atoms with E-state index < -0.39 is 5.25 Å². The van der Waals surface area contributed by atoms with Gasteiger partial charge in [-0.3, -0.25) is 29.8 Å². The Hall–Kier alpha value is -3.32. The Morgan fingerprint density at radius 1 is 0.658 bits per heavy atom. The van der Waals surface area contributed by atoms with Crippen LogP contribution >= 0.6 is 46.2 Å². The third kappa shape index (κ3) is 5.30. The van der Waals surface area contributed by atoms with Gasteiger partial charge in [0.15, 0.2) is 10.0 Å². The van der Waals surface area contributed by atoms with Crippen LogP contribution < -0.4 is 10.6 Å². The number of imide groups is 2. The number of hydrogen-bond acceptors (Lipinski definition) is 10. The van der Waals surface area contributed by atoms with Crippen LogP contribution in [0, 0.1) is 0 Å². The second kappa shape index (κ2) is 10.4. The lowest BCUT2D eigenvalue weighted by Crippen LogP contribution is -2.25. The molecule has 2 N–H and O–H groups in total. The lowest BCUT2D eigenvalue weighted by atomic mass is 10.0. The summed E-state index contributed by atoms with van der Waals surface area (Å²) in [4.78, 5) is 56.2. The monoisotopic (exact) mass is 578 g/mol. The molecule has 2 atom stereocenters. The summed E-state index contributed by atoms with van der Waals surface area (Å²) in [5.41, 5.74) is 5.55. The molecule has 0 bridgehead atoms. The van der Waals surface area contributed by atoms with E-state index in [4.69, 9.17) is 9.97 Å². The predicted molar refractivity (Wildman–Crippen MR) is 151 cm³/mol. The summed E-state index contributed by atoms with van der Waals surface area (Å²) in [6.45, 7) is 0. The van der Waals surface area contributed by atoms with E-state index in [1.54, 1.807) is 0 Å². The maximum Gasteiger partial charge on any atom is 0.286 e. The predicted octanol–water partition coefficient (Wildman–Crippen LogP) is 5.39. The summed E-state index contributed by atoms with van der Waals surface area (Å²) >= 11 is 5.11. The first-order valence-electron chi connectivity index (χ1n) is 11.5. The Bertz CT molecular complexity index is 1580. The number of hydrogen-bond donors (Lipinski definition) is 2. The average molecular weight is 579 g/mol. The van der Waals surface area contributed by atoms with Gasteiger partial charge in [0.25, 0.3) is 10.5 Å². The summed E-state index contributed by atoms with van der Waals surface area (Å²) < 4.78 is 0. The number of carbonyl (C=O) groups excluding carboxylic acids is 4. The zero-order chi connectivity index (χ0) is 26.2. The Morgan fingerprint density at radius 3 is 1.76 bits per heavy atom. The number of thiazole rings is 2. The number of benzene rings is 2. The number of carbonyl (C=O) groups is 4. The highest BCUT2D eigenvalue weighted by Crippen LogP contribution is 2.34. The Kier molecular flexibility index (Phi) is 6.87. The Labute approximate surface area is 233 Å².